The van der Waals surface area contributed by atoms with E-state index < -0.39 is 0 Å². The van der Waals surface area contributed by atoms with E-state index in [1.165, 1.54) is 0 Å². The Balaban J connectivity index is 2.59. The van der Waals surface area contributed by atoms with Gasteiger partial charge in [0.1, 0.15) is 0 Å². The van der Waals surface area contributed by atoms with E-state index in [1.807, 2.05) is 45.0 Å². The fraction of sp³-hybridized carbons (Fsp3) is 0.364. The predicted molar refractivity (Wildman–Crippen MR) is 71.1 cm³/mol. The maximum Gasteiger partial charge on any atom is 0.319 e. The highest BCUT2D eigenvalue weighted by molar-refractivity contribution is 14.1. The van der Waals surface area contributed by atoms with Crippen LogP contribution < -0.4 is 10.6 Å². The molecular weight excluding hydrogens is 303 g/mol. The summed E-state index contributed by atoms with van der Waals surface area (Å²) < 4.78 is 1.10. The number of anilines is 1. The van der Waals surface area contributed by atoms with Gasteiger partial charge in [-0.1, -0.05) is 6.07 Å². The maximum atomic E-state index is 11.5. The average molecular weight is 318 g/mol. The molecule has 0 aliphatic heterocycles. The lowest BCUT2D eigenvalue weighted by Gasteiger charge is -2.20. The number of benzene rings is 1. The first-order chi connectivity index (χ1) is 6.87. The van der Waals surface area contributed by atoms with E-state index in [2.05, 4.69) is 33.2 Å². The van der Waals surface area contributed by atoms with Crippen molar-refractivity contribution in [1.82, 2.24) is 5.32 Å². The average Bonchev–Trinajstić information content (AvgIpc) is 1.99. The van der Waals surface area contributed by atoms with Gasteiger partial charge in [0.15, 0.2) is 0 Å². The summed E-state index contributed by atoms with van der Waals surface area (Å²) in [5, 5.41) is 5.62. The zero-order chi connectivity index (χ0) is 11.5. The van der Waals surface area contributed by atoms with E-state index in [-0.39, 0.29) is 11.6 Å². The minimum Gasteiger partial charge on any atom is -0.333 e. The number of urea groups is 1. The molecule has 2 N–H and O–H groups in total. The number of carbonyl (C=O) groups is 1. The molecule has 2 amide bonds. The van der Waals surface area contributed by atoms with Crippen LogP contribution in [0.2, 0.25) is 0 Å². The van der Waals surface area contributed by atoms with E-state index in [4.69, 9.17) is 0 Å². The molecule has 0 aliphatic rings. The zero-order valence-corrected chi connectivity index (χ0v) is 11.3. The Hall–Kier alpha value is -0.780. The Morgan fingerprint density at radius 2 is 2.00 bits per heavy atom. The second kappa shape index (κ2) is 4.83. The summed E-state index contributed by atoms with van der Waals surface area (Å²) in [6.07, 6.45) is 0. The Bertz CT molecular complexity index is 358. The van der Waals surface area contributed by atoms with Crippen LogP contribution in [0.4, 0.5) is 10.5 Å². The summed E-state index contributed by atoms with van der Waals surface area (Å²) in [5.41, 5.74) is 0.593. The van der Waals surface area contributed by atoms with E-state index in [1.54, 1.807) is 0 Å². The standard InChI is InChI=1S/C11H15IN2O/c1-11(2,3)14-10(15)13-9-6-4-5-8(12)7-9/h4-7H,1-3H3,(H2,13,14,15). The second-order valence-electron chi connectivity index (χ2n) is 4.34. The van der Waals surface area contributed by atoms with Crippen molar-refractivity contribution < 1.29 is 4.79 Å². The molecule has 82 valence electrons. The molecule has 0 aliphatic carbocycles. The van der Waals surface area contributed by atoms with Gasteiger partial charge in [0.05, 0.1) is 0 Å². The quantitative estimate of drug-likeness (QED) is 0.767. The molecule has 0 bridgehead atoms. The first-order valence-electron chi connectivity index (χ1n) is 4.71. The van der Waals surface area contributed by atoms with Crippen molar-refractivity contribution in [2.75, 3.05) is 5.32 Å². The van der Waals surface area contributed by atoms with Crippen LogP contribution in [0, 0.1) is 3.57 Å². The summed E-state index contributed by atoms with van der Waals surface area (Å²) >= 11 is 2.21. The van der Waals surface area contributed by atoms with Crippen molar-refractivity contribution in [3.8, 4) is 0 Å². The van der Waals surface area contributed by atoms with Crippen molar-refractivity contribution in [2.45, 2.75) is 26.3 Å². The topological polar surface area (TPSA) is 41.1 Å². The normalized spacial score (nSPS) is 10.9. The van der Waals surface area contributed by atoms with Gasteiger partial charge in [0.25, 0.3) is 0 Å². The van der Waals surface area contributed by atoms with Gasteiger partial charge in [-0.15, -0.1) is 0 Å². The molecule has 1 rings (SSSR count). The summed E-state index contributed by atoms with van der Waals surface area (Å²) in [4.78, 5) is 11.5. The molecule has 0 saturated heterocycles. The van der Waals surface area contributed by atoms with Crippen LogP contribution in [0.15, 0.2) is 24.3 Å². The molecule has 0 spiro atoms. The molecule has 0 heterocycles. The third-order valence-electron chi connectivity index (χ3n) is 1.57. The zero-order valence-electron chi connectivity index (χ0n) is 9.10. The maximum absolute atomic E-state index is 11.5. The van der Waals surface area contributed by atoms with Gasteiger partial charge in [0.2, 0.25) is 0 Å². The molecule has 0 fully saturated rings. The first kappa shape index (κ1) is 12.3. The highest BCUT2D eigenvalue weighted by Gasteiger charge is 2.13. The summed E-state index contributed by atoms with van der Waals surface area (Å²) in [5.74, 6) is 0. The van der Waals surface area contributed by atoms with Crippen molar-refractivity contribution in [1.29, 1.82) is 0 Å². The van der Waals surface area contributed by atoms with Crippen LogP contribution in [-0.4, -0.2) is 11.6 Å². The molecule has 0 unspecified atom stereocenters. The fourth-order valence-electron chi connectivity index (χ4n) is 1.07. The van der Waals surface area contributed by atoms with Gasteiger partial charge in [-0.3, -0.25) is 0 Å². The molecular formula is C11H15IN2O. The van der Waals surface area contributed by atoms with Crippen LogP contribution in [0.25, 0.3) is 0 Å². The summed E-state index contributed by atoms with van der Waals surface area (Å²) in [7, 11) is 0. The van der Waals surface area contributed by atoms with E-state index >= 15 is 0 Å². The molecule has 1 aromatic carbocycles. The van der Waals surface area contributed by atoms with E-state index in [0.29, 0.717) is 0 Å². The number of nitrogens with one attached hydrogen (secondary N) is 2. The minimum absolute atomic E-state index is 0.176. The largest absolute Gasteiger partial charge is 0.333 e. The fourth-order valence-corrected chi connectivity index (χ4v) is 1.61. The SMILES string of the molecule is CC(C)(C)NC(=O)Nc1cccc(I)c1. The highest BCUT2D eigenvalue weighted by atomic mass is 127. The Morgan fingerprint density at radius 3 is 2.53 bits per heavy atom. The van der Waals surface area contributed by atoms with Crippen LogP contribution in [-0.2, 0) is 0 Å². The van der Waals surface area contributed by atoms with Gasteiger partial charge in [0, 0.05) is 14.8 Å². The molecule has 0 aromatic heterocycles. The summed E-state index contributed by atoms with van der Waals surface area (Å²) in [6, 6.07) is 7.50. The van der Waals surface area contributed by atoms with Gasteiger partial charge >= 0.3 is 6.03 Å². The molecule has 0 radical (unpaired) electrons. The number of hydrogen-bond donors (Lipinski definition) is 2. The molecule has 1 aromatic rings. The van der Waals surface area contributed by atoms with Crippen LogP contribution in [0.3, 0.4) is 0 Å². The lowest BCUT2D eigenvalue weighted by atomic mass is 10.1. The van der Waals surface area contributed by atoms with Gasteiger partial charge in [-0.25, -0.2) is 4.79 Å². The van der Waals surface area contributed by atoms with Gasteiger partial charge in [-0.2, -0.15) is 0 Å². The third-order valence-corrected chi connectivity index (χ3v) is 2.24. The molecule has 3 nitrogen and oxygen atoms in total. The van der Waals surface area contributed by atoms with Crippen LogP contribution in [0.1, 0.15) is 20.8 Å². The Labute approximate surface area is 104 Å². The lowest BCUT2D eigenvalue weighted by Crippen LogP contribution is -2.43. The van der Waals surface area contributed by atoms with Gasteiger partial charge < -0.3 is 10.6 Å². The van der Waals surface area contributed by atoms with Gasteiger partial charge in [-0.05, 0) is 61.6 Å². The number of rotatable bonds is 1. The Morgan fingerprint density at radius 1 is 1.33 bits per heavy atom. The third kappa shape index (κ3) is 5.01. The summed E-state index contributed by atoms with van der Waals surface area (Å²) in [6.45, 7) is 5.84. The van der Waals surface area contributed by atoms with Crippen LogP contribution >= 0.6 is 22.6 Å². The molecule has 0 saturated carbocycles. The number of amides is 2. The molecule has 15 heavy (non-hydrogen) atoms. The number of carbonyl (C=O) groups excluding carboxylic acids is 1. The van der Waals surface area contributed by atoms with Crippen molar-refractivity contribution >= 4 is 34.3 Å². The number of hydrogen-bond acceptors (Lipinski definition) is 1. The van der Waals surface area contributed by atoms with Crippen LogP contribution in [0.5, 0.6) is 0 Å². The Kier molecular flexibility index (Phi) is 3.96. The van der Waals surface area contributed by atoms with Crippen molar-refractivity contribution in [2.24, 2.45) is 0 Å². The molecule has 4 heteroatoms. The minimum atomic E-state index is -0.216. The highest BCUT2D eigenvalue weighted by Crippen LogP contribution is 2.12. The van der Waals surface area contributed by atoms with Crippen molar-refractivity contribution in [3.63, 3.8) is 0 Å². The smallest absolute Gasteiger partial charge is 0.319 e. The monoisotopic (exact) mass is 318 g/mol. The number of halogens is 1. The lowest BCUT2D eigenvalue weighted by molar-refractivity contribution is 0.244. The predicted octanol–water partition coefficient (Wildman–Crippen LogP) is 3.21. The first-order valence-corrected chi connectivity index (χ1v) is 5.79. The van der Waals surface area contributed by atoms with E-state index in [9.17, 15) is 4.79 Å². The molecule has 0 atom stereocenters. The second-order valence-corrected chi connectivity index (χ2v) is 5.59. The van der Waals surface area contributed by atoms with Crippen molar-refractivity contribution in [3.05, 3.63) is 27.8 Å². The van der Waals surface area contributed by atoms with E-state index in [0.717, 1.165) is 9.26 Å².